The van der Waals surface area contributed by atoms with Gasteiger partial charge in [0.15, 0.2) is 0 Å². The summed E-state index contributed by atoms with van der Waals surface area (Å²) in [6, 6.07) is 0. The third-order valence-electron chi connectivity index (χ3n) is 2.16. The van der Waals surface area contributed by atoms with Crippen molar-refractivity contribution in [3.8, 4) is 0 Å². The molecule has 1 aliphatic carbocycles. The average molecular weight is 184 g/mol. The molecule has 0 heterocycles. The van der Waals surface area contributed by atoms with Gasteiger partial charge in [0, 0.05) is 7.11 Å². The second-order valence-corrected chi connectivity index (χ2v) is 2.89. The first-order chi connectivity index (χ1) is 6.14. The third kappa shape index (κ3) is 1.93. The van der Waals surface area contributed by atoms with Crippen LogP contribution >= 0.6 is 0 Å². The highest BCUT2D eigenvalue weighted by atomic mass is 16.5. The molecule has 1 atom stereocenters. The molecule has 1 rings (SSSR count). The van der Waals surface area contributed by atoms with Crippen molar-refractivity contribution in [2.45, 2.75) is 11.9 Å². The molecular formula is C8H13BO4. The van der Waals surface area contributed by atoms with Crippen LogP contribution in [0.2, 0.25) is 0 Å². The summed E-state index contributed by atoms with van der Waals surface area (Å²) < 4.78 is 10.0. The molecule has 13 heavy (non-hydrogen) atoms. The maximum Gasteiger partial charge on any atom is 0.490 e. The van der Waals surface area contributed by atoms with E-state index < -0.39 is 12.6 Å². The Hall–Kier alpha value is -0.775. The molecule has 2 N–H and O–H groups in total. The summed E-state index contributed by atoms with van der Waals surface area (Å²) in [5.74, 6) is 0.571. The van der Waals surface area contributed by atoms with Crippen molar-refractivity contribution in [3.05, 3.63) is 24.0 Å². The largest absolute Gasteiger partial charge is 0.497 e. The fraction of sp³-hybridized carbons (Fsp3) is 0.500. The molecule has 0 aromatic rings. The summed E-state index contributed by atoms with van der Waals surface area (Å²) in [6.45, 7) is 0. The van der Waals surface area contributed by atoms with E-state index in [2.05, 4.69) is 0 Å². The van der Waals surface area contributed by atoms with Crippen molar-refractivity contribution in [2.75, 3.05) is 14.2 Å². The monoisotopic (exact) mass is 184 g/mol. The summed E-state index contributed by atoms with van der Waals surface area (Å²) in [7, 11) is 1.40. The lowest BCUT2D eigenvalue weighted by Crippen LogP contribution is -2.47. The van der Waals surface area contributed by atoms with Crippen LogP contribution in [0.25, 0.3) is 0 Å². The maximum atomic E-state index is 9.14. The number of ether oxygens (including phenoxy) is 2. The number of rotatable bonds is 3. The molecule has 0 spiro atoms. The molecule has 0 aromatic carbocycles. The molecule has 0 saturated carbocycles. The quantitative estimate of drug-likeness (QED) is 0.600. The van der Waals surface area contributed by atoms with Crippen molar-refractivity contribution >= 4 is 7.12 Å². The van der Waals surface area contributed by atoms with Crippen molar-refractivity contribution in [1.29, 1.82) is 0 Å². The maximum absolute atomic E-state index is 9.14. The number of methoxy groups -OCH3 is 2. The number of hydrogen-bond donors (Lipinski definition) is 2. The van der Waals surface area contributed by atoms with Gasteiger partial charge in [-0.2, -0.15) is 0 Å². The van der Waals surface area contributed by atoms with Crippen LogP contribution in [0.5, 0.6) is 0 Å². The van der Waals surface area contributed by atoms with E-state index in [1.807, 2.05) is 0 Å². The Morgan fingerprint density at radius 1 is 1.46 bits per heavy atom. The second kappa shape index (κ2) is 3.96. The van der Waals surface area contributed by atoms with E-state index in [1.165, 1.54) is 14.2 Å². The van der Waals surface area contributed by atoms with Crippen LogP contribution in [-0.4, -0.2) is 36.9 Å². The van der Waals surface area contributed by atoms with E-state index >= 15 is 0 Å². The summed E-state index contributed by atoms with van der Waals surface area (Å²) in [5, 5.41) is 18.3. The molecule has 0 aliphatic heterocycles. The number of hydrogen-bond acceptors (Lipinski definition) is 4. The van der Waals surface area contributed by atoms with Crippen LogP contribution in [0.4, 0.5) is 0 Å². The van der Waals surface area contributed by atoms with Crippen LogP contribution in [0.1, 0.15) is 6.42 Å². The van der Waals surface area contributed by atoms with Gasteiger partial charge >= 0.3 is 7.12 Å². The van der Waals surface area contributed by atoms with Crippen LogP contribution in [0, 0.1) is 0 Å². The minimum Gasteiger partial charge on any atom is -0.497 e. The fourth-order valence-corrected chi connectivity index (χ4v) is 1.26. The molecule has 1 unspecified atom stereocenters. The van der Waals surface area contributed by atoms with Gasteiger partial charge in [-0.1, -0.05) is 6.08 Å². The summed E-state index contributed by atoms with van der Waals surface area (Å²) >= 11 is 0. The lowest BCUT2D eigenvalue weighted by molar-refractivity contribution is 0.0656. The van der Waals surface area contributed by atoms with Crippen molar-refractivity contribution in [1.82, 2.24) is 0 Å². The minimum absolute atomic E-state index is 0.425. The van der Waals surface area contributed by atoms with Gasteiger partial charge in [0.1, 0.15) is 11.3 Å². The molecular weight excluding hydrogens is 171 g/mol. The molecule has 0 saturated heterocycles. The summed E-state index contributed by atoms with van der Waals surface area (Å²) in [4.78, 5) is 0. The van der Waals surface area contributed by atoms with Crippen LogP contribution in [0.3, 0.4) is 0 Å². The van der Waals surface area contributed by atoms with Gasteiger partial charge in [0.05, 0.1) is 7.11 Å². The van der Waals surface area contributed by atoms with Crippen LogP contribution < -0.4 is 0 Å². The van der Waals surface area contributed by atoms with E-state index in [0.29, 0.717) is 12.2 Å². The Labute approximate surface area is 77.6 Å². The fourth-order valence-electron chi connectivity index (χ4n) is 1.26. The molecule has 72 valence electrons. The van der Waals surface area contributed by atoms with Gasteiger partial charge in [-0.3, -0.25) is 0 Å². The first-order valence-electron chi connectivity index (χ1n) is 3.99. The topological polar surface area (TPSA) is 58.9 Å². The molecule has 0 bridgehead atoms. The van der Waals surface area contributed by atoms with E-state index in [4.69, 9.17) is 19.5 Å². The molecule has 0 fully saturated rings. The zero-order chi connectivity index (χ0) is 9.90. The first-order valence-corrected chi connectivity index (χ1v) is 3.99. The summed E-state index contributed by atoms with van der Waals surface area (Å²) in [5.41, 5.74) is -1.07. The lowest BCUT2D eigenvalue weighted by Gasteiger charge is -2.29. The van der Waals surface area contributed by atoms with Crippen LogP contribution in [0.15, 0.2) is 24.0 Å². The SMILES string of the molecule is COC1=CC(OC)(B(O)O)CC=C1. The van der Waals surface area contributed by atoms with E-state index in [1.54, 1.807) is 18.2 Å². The standard InChI is InChI=1S/C8H13BO4/c1-12-7-4-3-5-8(6-7,13-2)9(10)11/h3-4,6,10-11H,5H2,1-2H3. The molecule has 0 radical (unpaired) electrons. The second-order valence-electron chi connectivity index (χ2n) is 2.89. The Balaban J connectivity index is 2.90. The highest BCUT2D eigenvalue weighted by molar-refractivity contribution is 6.46. The molecule has 4 nitrogen and oxygen atoms in total. The minimum atomic E-state index is -1.55. The zero-order valence-corrected chi connectivity index (χ0v) is 7.73. The van der Waals surface area contributed by atoms with E-state index in [-0.39, 0.29) is 0 Å². The first kappa shape index (κ1) is 10.3. The van der Waals surface area contributed by atoms with Gasteiger partial charge in [0.25, 0.3) is 0 Å². The third-order valence-corrected chi connectivity index (χ3v) is 2.16. The van der Waals surface area contributed by atoms with Crippen LogP contribution in [-0.2, 0) is 9.47 Å². The Bertz CT molecular complexity index is 236. The van der Waals surface area contributed by atoms with E-state index in [0.717, 1.165) is 0 Å². The van der Waals surface area contributed by atoms with Crippen molar-refractivity contribution < 1.29 is 19.5 Å². The Morgan fingerprint density at radius 3 is 2.62 bits per heavy atom. The van der Waals surface area contributed by atoms with E-state index in [9.17, 15) is 0 Å². The molecule has 0 aromatic heterocycles. The number of allylic oxidation sites excluding steroid dienone is 1. The van der Waals surface area contributed by atoms with Gasteiger partial charge in [-0.25, -0.2) is 0 Å². The summed E-state index contributed by atoms with van der Waals surface area (Å²) in [6.07, 6.45) is 5.53. The normalized spacial score (nSPS) is 26.9. The molecule has 0 amide bonds. The van der Waals surface area contributed by atoms with Crippen molar-refractivity contribution in [2.24, 2.45) is 0 Å². The Morgan fingerprint density at radius 2 is 2.15 bits per heavy atom. The lowest BCUT2D eigenvalue weighted by atomic mass is 9.64. The van der Waals surface area contributed by atoms with Crippen molar-refractivity contribution in [3.63, 3.8) is 0 Å². The molecule has 1 aliphatic rings. The zero-order valence-electron chi connectivity index (χ0n) is 7.73. The highest BCUT2D eigenvalue weighted by Crippen LogP contribution is 2.25. The van der Waals surface area contributed by atoms with Gasteiger partial charge in [-0.15, -0.1) is 0 Å². The Kier molecular flexibility index (Phi) is 3.14. The smallest absolute Gasteiger partial charge is 0.490 e. The highest BCUT2D eigenvalue weighted by Gasteiger charge is 2.41. The predicted molar refractivity (Wildman–Crippen MR) is 48.8 cm³/mol. The predicted octanol–water partition coefficient (Wildman–Crippen LogP) is -0.126. The van der Waals surface area contributed by atoms with Gasteiger partial charge in [-0.05, 0) is 18.6 Å². The van der Waals surface area contributed by atoms with Gasteiger partial charge < -0.3 is 19.5 Å². The molecule has 5 heteroatoms. The van der Waals surface area contributed by atoms with Gasteiger partial charge in [0.2, 0.25) is 0 Å². The average Bonchev–Trinajstić information content (AvgIpc) is 2.17.